The number of carboxylic acids is 1. The summed E-state index contributed by atoms with van der Waals surface area (Å²) in [6, 6.07) is 0. The van der Waals surface area contributed by atoms with Crippen LogP contribution < -0.4 is 0 Å². The monoisotopic (exact) mass is 196 g/mol. The first-order chi connectivity index (χ1) is 5.90. The van der Waals surface area contributed by atoms with E-state index in [-0.39, 0.29) is 0 Å². The molecule has 0 aromatic carbocycles. The van der Waals surface area contributed by atoms with Gasteiger partial charge in [0.05, 0.1) is 13.2 Å². The van der Waals surface area contributed by atoms with E-state index in [0.29, 0.717) is 0 Å². The molecule has 0 radical (unpaired) electrons. The van der Waals surface area contributed by atoms with E-state index in [1.807, 2.05) is 0 Å². The van der Waals surface area contributed by atoms with E-state index in [9.17, 15) is 4.79 Å². The van der Waals surface area contributed by atoms with Crippen LogP contribution >= 0.6 is 0 Å². The van der Waals surface area contributed by atoms with Gasteiger partial charge in [0.2, 0.25) is 5.60 Å². The molecule has 0 aromatic rings. The van der Waals surface area contributed by atoms with Crippen LogP contribution in [0, 0.1) is 0 Å². The lowest BCUT2D eigenvalue weighted by atomic mass is 9.94. The average Bonchev–Trinajstić information content (AvgIpc) is 2.13. The van der Waals surface area contributed by atoms with E-state index in [1.54, 1.807) is 0 Å². The Labute approximate surface area is 73.5 Å². The van der Waals surface area contributed by atoms with Crippen molar-refractivity contribution in [1.29, 1.82) is 0 Å². The molecule has 6 N–H and O–H groups in total. The third-order valence-corrected chi connectivity index (χ3v) is 1.65. The molecule has 0 aliphatic rings. The molecule has 7 nitrogen and oxygen atoms in total. The van der Waals surface area contributed by atoms with Gasteiger partial charge in [0, 0.05) is 0 Å². The van der Waals surface area contributed by atoms with Crippen LogP contribution in [0.15, 0.2) is 0 Å². The van der Waals surface area contributed by atoms with Gasteiger partial charge in [-0.1, -0.05) is 0 Å². The molecule has 0 unspecified atom stereocenters. The first-order valence-electron chi connectivity index (χ1n) is 3.43. The lowest BCUT2D eigenvalue weighted by Crippen LogP contribution is -2.58. The maximum absolute atomic E-state index is 10.4. The van der Waals surface area contributed by atoms with Crippen LogP contribution in [0.3, 0.4) is 0 Å². The molecular weight excluding hydrogens is 184 g/mol. The predicted octanol–water partition coefficient (Wildman–Crippen LogP) is -3.49. The highest BCUT2D eigenvalue weighted by Crippen LogP contribution is 2.13. The van der Waals surface area contributed by atoms with Crippen LogP contribution in [0.1, 0.15) is 0 Å². The fourth-order valence-corrected chi connectivity index (χ4v) is 0.706. The minimum absolute atomic E-state index is 0.920. The number of aliphatic hydroxyl groups is 5. The van der Waals surface area contributed by atoms with Crippen LogP contribution in [0.5, 0.6) is 0 Å². The molecule has 7 heteroatoms. The summed E-state index contributed by atoms with van der Waals surface area (Å²) in [6.07, 6.45) is -3.98. The summed E-state index contributed by atoms with van der Waals surface area (Å²) in [5, 5.41) is 52.1. The second-order valence-electron chi connectivity index (χ2n) is 2.58. The SMILES string of the molecule is O=C(O)[C@@](O)(CO)[C@H](O)[C@H](O)CO. The molecule has 0 saturated heterocycles. The van der Waals surface area contributed by atoms with E-state index in [1.165, 1.54) is 0 Å². The summed E-state index contributed by atoms with van der Waals surface area (Å²) in [5.41, 5.74) is -2.86. The van der Waals surface area contributed by atoms with Gasteiger partial charge >= 0.3 is 5.97 Å². The first-order valence-corrected chi connectivity index (χ1v) is 3.43. The lowest BCUT2D eigenvalue weighted by molar-refractivity contribution is -0.191. The lowest BCUT2D eigenvalue weighted by Gasteiger charge is -2.29. The highest BCUT2D eigenvalue weighted by Gasteiger charge is 2.46. The summed E-state index contributed by atoms with van der Waals surface area (Å²) in [5.74, 6) is -1.88. The highest BCUT2D eigenvalue weighted by molar-refractivity contribution is 5.78. The molecular formula is C6H12O7. The van der Waals surface area contributed by atoms with Crippen molar-refractivity contribution in [2.75, 3.05) is 13.2 Å². The van der Waals surface area contributed by atoms with E-state index in [2.05, 4.69) is 0 Å². The molecule has 13 heavy (non-hydrogen) atoms. The molecule has 0 aliphatic heterocycles. The molecule has 0 amide bonds. The predicted molar refractivity (Wildman–Crippen MR) is 38.8 cm³/mol. The molecule has 0 spiro atoms. The number of carbonyl (C=O) groups is 1. The van der Waals surface area contributed by atoms with Gasteiger partial charge in [-0.3, -0.25) is 0 Å². The number of rotatable bonds is 5. The smallest absolute Gasteiger partial charge is 0.341 e. The summed E-state index contributed by atoms with van der Waals surface area (Å²) >= 11 is 0. The number of carboxylic acid groups (broad SMARTS) is 1. The highest BCUT2D eigenvalue weighted by atomic mass is 16.4. The Hall–Kier alpha value is -0.730. The minimum Gasteiger partial charge on any atom is -0.479 e. The summed E-state index contributed by atoms with van der Waals surface area (Å²) in [4.78, 5) is 10.4. The zero-order chi connectivity index (χ0) is 10.6. The van der Waals surface area contributed by atoms with Crippen molar-refractivity contribution in [2.45, 2.75) is 17.8 Å². The van der Waals surface area contributed by atoms with Crippen LogP contribution in [-0.4, -0.2) is 67.6 Å². The van der Waals surface area contributed by atoms with Gasteiger partial charge in [0.25, 0.3) is 0 Å². The van der Waals surface area contributed by atoms with Crippen molar-refractivity contribution in [3.8, 4) is 0 Å². The van der Waals surface area contributed by atoms with Crippen LogP contribution in [-0.2, 0) is 4.79 Å². The Morgan fingerprint density at radius 1 is 1.31 bits per heavy atom. The van der Waals surface area contributed by atoms with Crippen molar-refractivity contribution >= 4 is 5.97 Å². The fourth-order valence-electron chi connectivity index (χ4n) is 0.706. The Kier molecular flexibility index (Phi) is 4.24. The zero-order valence-electron chi connectivity index (χ0n) is 6.66. The van der Waals surface area contributed by atoms with Crippen molar-refractivity contribution in [3.05, 3.63) is 0 Å². The zero-order valence-corrected chi connectivity index (χ0v) is 6.66. The first kappa shape index (κ1) is 12.3. The number of hydrogen-bond acceptors (Lipinski definition) is 6. The quantitative estimate of drug-likeness (QED) is 0.268. The Morgan fingerprint density at radius 2 is 1.77 bits per heavy atom. The average molecular weight is 196 g/mol. The van der Waals surface area contributed by atoms with Gasteiger partial charge in [-0.05, 0) is 0 Å². The molecule has 3 atom stereocenters. The van der Waals surface area contributed by atoms with Crippen molar-refractivity contribution < 1.29 is 35.4 Å². The van der Waals surface area contributed by atoms with Gasteiger partial charge in [0.1, 0.15) is 12.2 Å². The van der Waals surface area contributed by atoms with Crippen LogP contribution in [0.25, 0.3) is 0 Å². The van der Waals surface area contributed by atoms with Gasteiger partial charge in [-0.2, -0.15) is 0 Å². The number of aliphatic hydroxyl groups excluding tert-OH is 4. The van der Waals surface area contributed by atoms with Crippen molar-refractivity contribution in [1.82, 2.24) is 0 Å². The molecule has 0 heterocycles. The minimum atomic E-state index is -2.86. The van der Waals surface area contributed by atoms with Crippen LogP contribution in [0.2, 0.25) is 0 Å². The standard InChI is InChI=1S/C6H12O7/c7-1-3(9)4(10)6(13,2-8)5(11)12/h3-4,7-10,13H,1-2H2,(H,11,12)/t3-,4-,6-/m1/s1. The molecule has 0 bridgehead atoms. The molecule has 0 rings (SSSR count). The molecule has 0 fully saturated rings. The molecule has 0 saturated carbocycles. The summed E-state index contributed by atoms with van der Waals surface area (Å²) < 4.78 is 0. The van der Waals surface area contributed by atoms with Gasteiger partial charge < -0.3 is 30.6 Å². The Morgan fingerprint density at radius 3 is 2.00 bits per heavy atom. The van der Waals surface area contributed by atoms with Gasteiger partial charge in [-0.25, -0.2) is 4.79 Å². The summed E-state index contributed by atoms with van der Waals surface area (Å²) in [7, 11) is 0. The third-order valence-electron chi connectivity index (χ3n) is 1.65. The van der Waals surface area contributed by atoms with E-state index in [4.69, 9.17) is 30.6 Å². The van der Waals surface area contributed by atoms with Crippen LogP contribution in [0.4, 0.5) is 0 Å². The molecule has 78 valence electrons. The number of aliphatic carboxylic acids is 1. The number of hydrogen-bond donors (Lipinski definition) is 6. The Bertz CT molecular complexity index is 182. The topological polar surface area (TPSA) is 138 Å². The second-order valence-corrected chi connectivity index (χ2v) is 2.58. The summed E-state index contributed by atoms with van der Waals surface area (Å²) in [6.45, 7) is -2.18. The van der Waals surface area contributed by atoms with E-state index >= 15 is 0 Å². The molecule has 0 aromatic heterocycles. The van der Waals surface area contributed by atoms with Gasteiger partial charge in [-0.15, -0.1) is 0 Å². The second kappa shape index (κ2) is 4.49. The normalized spacial score (nSPS) is 20.4. The third kappa shape index (κ3) is 2.36. The van der Waals surface area contributed by atoms with Crippen molar-refractivity contribution in [2.24, 2.45) is 0 Å². The van der Waals surface area contributed by atoms with E-state index < -0.39 is 37.0 Å². The van der Waals surface area contributed by atoms with Crippen molar-refractivity contribution in [3.63, 3.8) is 0 Å². The largest absolute Gasteiger partial charge is 0.479 e. The fraction of sp³-hybridized carbons (Fsp3) is 0.833. The molecule has 0 aliphatic carbocycles. The Balaban J connectivity index is 4.65. The van der Waals surface area contributed by atoms with E-state index in [0.717, 1.165) is 0 Å². The van der Waals surface area contributed by atoms with Gasteiger partial charge in [0.15, 0.2) is 0 Å². The maximum atomic E-state index is 10.4. The maximum Gasteiger partial charge on any atom is 0.341 e.